The van der Waals surface area contributed by atoms with Crippen LogP contribution in [0.3, 0.4) is 0 Å². The number of H-pyrrole nitrogens is 1. The summed E-state index contributed by atoms with van der Waals surface area (Å²) in [6.45, 7) is 1.84. The van der Waals surface area contributed by atoms with Gasteiger partial charge >= 0.3 is 5.97 Å². The second-order valence-corrected chi connectivity index (χ2v) is 7.04. The molecule has 0 radical (unpaired) electrons. The molecule has 0 saturated carbocycles. The zero-order valence-electron chi connectivity index (χ0n) is 10.9. The first kappa shape index (κ1) is 15.8. The van der Waals surface area contributed by atoms with Gasteiger partial charge in [0.15, 0.2) is 5.03 Å². The number of carboxylic acids is 1. The second kappa shape index (κ2) is 6.02. The Morgan fingerprint density at radius 2 is 2.19 bits per heavy atom. The van der Waals surface area contributed by atoms with Gasteiger partial charge in [-0.1, -0.05) is 6.92 Å². The molecule has 112 valence electrons. The van der Waals surface area contributed by atoms with Gasteiger partial charge in [-0.15, -0.1) is 0 Å². The molecular weight excluding hydrogens is 409 g/mol. The number of nitrogens with zero attached hydrogens (tertiary/aromatic N) is 1. The molecule has 1 aromatic heterocycles. The third-order valence-electron chi connectivity index (χ3n) is 2.69. The van der Waals surface area contributed by atoms with Gasteiger partial charge in [0.2, 0.25) is 0 Å². The molecule has 2 aromatic rings. The van der Waals surface area contributed by atoms with Gasteiger partial charge in [0.25, 0.3) is 10.0 Å². The van der Waals surface area contributed by atoms with Gasteiger partial charge in [-0.2, -0.15) is 8.42 Å². The number of aromatic carboxylic acids is 1. The highest BCUT2D eigenvalue weighted by Crippen LogP contribution is 2.22. The van der Waals surface area contributed by atoms with E-state index in [1.54, 1.807) is 6.07 Å². The fourth-order valence-electron chi connectivity index (χ4n) is 1.64. The van der Waals surface area contributed by atoms with Crippen molar-refractivity contribution in [3.63, 3.8) is 0 Å². The summed E-state index contributed by atoms with van der Waals surface area (Å²) in [6, 6.07) is 4.43. The molecule has 2 rings (SSSR count). The number of aromatic amines is 1. The van der Waals surface area contributed by atoms with Gasteiger partial charge in [-0.3, -0.25) is 4.72 Å². The molecule has 0 aliphatic carbocycles. The Bertz CT molecular complexity index is 786. The van der Waals surface area contributed by atoms with Gasteiger partial charge < -0.3 is 10.1 Å². The zero-order valence-corrected chi connectivity index (χ0v) is 13.9. The minimum Gasteiger partial charge on any atom is -0.478 e. The highest BCUT2D eigenvalue weighted by molar-refractivity contribution is 14.1. The van der Waals surface area contributed by atoms with Crippen molar-refractivity contribution in [1.82, 2.24) is 9.97 Å². The van der Waals surface area contributed by atoms with E-state index in [0.717, 1.165) is 0 Å². The number of aryl methyl sites for hydroxylation is 1. The van der Waals surface area contributed by atoms with E-state index >= 15 is 0 Å². The summed E-state index contributed by atoms with van der Waals surface area (Å²) in [7, 11) is -3.91. The van der Waals surface area contributed by atoms with Crippen LogP contribution in [0.25, 0.3) is 0 Å². The number of aromatic nitrogens is 2. The normalized spacial score (nSPS) is 11.3. The molecule has 0 saturated heterocycles. The molecule has 1 aromatic carbocycles. The van der Waals surface area contributed by atoms with Gasteiger partial charge in [0.05, 0.1) is 17.4 Å². The summed E-state index contributed by atoms with van der Waals surface area (Å²) < 4.78 is 27.4. The van der Waals surface area contributed by atoms with Crippen LogP contribution in [0, 0.1) is 3.57 Å². The third kappa shape index (κ3) is 3.53. The summed E-state index contributed by atoms with van der Waals surface area (Å²) in [6.07, 6.45) is 1.77. The Balaban J connectivity index is 2.39. The molecule has 0 unspecified atom stereocenters. The number of nitrogens with one attached hydrogen (secondary N) is 2. The Kier molecular flexibility index (Phi) is 4.52. The molecule has 7 nitrogen and oxygen atoms in total. The standard InChI is InChI=1S/C12H12IN3O4S/c1-2-10-14-6-11(15-10)21(19,20)16-9-4-3-7(13)5-8(9)12(17)18/h3-6,16H,2H2,1H3,(H,14,15)(H,17,18). The summed E-state index contributed by atoms with van der Waals surface area (Å²) in [5, 5.41) is 9.04. The number of rotatable bonds is 5. The molecule has 0 aliphatic rings. The number of benzene rings is 1. The number of imidazole rings is 1. The van der Waals surface area contributed by atoms with Crippen LogP contribution in [0.15, 0.2) is 29.4 Å². The van der Waals surface area contributed by atoms with Crippen LogP contribution in [0.5, 0.6) is 0 Å². The van der Waals surface area contributed by atoms with Crippen LogP contribution in [-0.2, 0) is 16.4 Å². The van der Waals surface area contributed by atoms with Gasteiger partial charge in [-0.05, 0) is 40.8 Å². The number of hydrogen-bond donors (Lipinski definition) is 3. The lowest BCUT2D eigenvalue weighted by Crippen LogP contribution is -2.16. The number of anilines is 1. The van der Waals surface area contributed by atoms with Gasteiger partial charge in [-0.25, -0.2) is 9.78 Å². The molecule has 0 spiro atoms. The number of sulfonamides is 1. The second-order valence-electron chi connectivity index (χ2n) is 4.15. The van der Waals surface area contributed by atoms with Crippen LogP contribution >= 0.6 is 22.6 Å². The van der Waals surface area contributed by atoms with Crippen molar-refractivity contribution in [2.24, 2.45) is 0 Å². The molecular formula is C12H12IN3O4S. The predicted molar refractivity (Wildman–Crippen MR) is 84.9 cm³/mol. The lowest BCUT2D eigenvalue weighted by molar-refractivity contribution is 0.0698. The number of halogens is 1. The Morgan fingerprint density at radius 3 is 2.76 bits per heavy atom. The molecule has 21 heavy (non-hydrogen) atoms. The maximum Gasteiger partial charge on any atom is 0.337 e. The van der Waals surface area contributed by atoms with Gasteiger partial charge in [0.1, 0.15) is 5.82 Å². The molecule has 3 N–H and O–H groups in total. The molecule has 0 aliphatic heterocycles. The SMILES string of the molecule is CCc1ncc(S(=O)(=O)Nc2ccc(I)cc2C(=O)O)[nH]1. The highest BCUT2D eigenvalue weighted by Gasteiger charge is 2.20. The van der Waals surface area contributed by atoms with Crippen LogP contribution < -0.4 is 4.72 Å². The number of carboxylic acid groups (broad SMARTS) is 1. The first-order valence-corrected chi connectivity index (χ1v) is 8.49. The number of carbonyl (C=O) groups is 1. The van der Waals surface area contributed by atoms with Crippen LogP contribution in [0.1, 0.15) is 23.1 Å². The zero-order chi connectivity index (χ0) is 15.6. The predicted octanol–water partition coefficient (Wildman–Crippen LogP) is 2.08. The summed E-state index contributed by atoms with van der Waals surface area (Å²) in [5.74, 6) is -0.665. The Labute approximate surface area is 135 Å². The van der Waals surface area contributed by atoms with Crippen molar-refractivity contribution in [2.75, 3.05) is 4.72 Å². The summed E-state index contributed by atoms with van der Waals surface area (Å²) >= 11 is 1.96. The fraction of sp³-hybridized carbons (Fsp3) is 0.167. The average molecular weight is 421 g/mol. The lowest BCUT2D eigenvalue weighted by atomic mass is 10.2. The van der Waals surface area contributed by atoms with Crippen molar-refractivity contribution >= 4 is 44.3 Å². The van der Waals surface area contributed by atoms with Crippen LogP contribution in [-0.4, -0.2) is 29.5 Å². The van der Waals surface area contributed by atoms with E-state index in [2.05, 4.69) is 14.7 Å². The van der Waals surface area contributed by atoms with Crippen molar-refractivity contribution in [1.29, 1.82) is 0 Å². The first-order valence-electron chi connectivity index (χ1n) is 5.93. The van der Waals surface area contributed by atoms with E-state index in [-0.39, 0.29) is 16.3 Å². The monoisotopic (exact) mass is 421 g/mol. The number of hydrogen-bond acceptors (Lipinski definition) is 4. The molecule has 1 heterocycles. The summed E-state index contributed by atoms with van der Waals surface area (Å²) in [4.78, 5) is 17.8. The van der Waals surface area contributed by atoms with Crippen molar-refractivity contribution in [2.45, 2.75) is 18.4 Å². The average Bonchev–Trinajstić information content (AvgIpc) is 2.90. The van der Waals surface area contributed by atoms with Gasteiger partial charge in [0, 0.05) is 9.99 Å². The first-order chi connectivity index (χ1) is 9.83. The fourth-order valence-corrected chi connectivity index (χ4v) is 3.15. The molecule has 9 heteroatoms. The third-order valence-corrected chi connectivity index (χ3v) is 4.63. The topological polar surface area (TPSA) is 112 Å². The van der Waals surface area contributed by atoms with Crippen LogP contribution in [0.4, 0.5) is 5.69 Å². The minimum atomic E-state index is -3.91. The van der Waals surface area contributed by atoms with Crippen molar-refractivity contribution in [3.05, 3.63) is 39.4 Å². The Morgan fingerprint density at radius 1 is 1.48 bits per heavy atom. The maximum atomic E-state index is 12.2. The highest BCUT2D eigenvalue weighted by atomic mass is 127. The molecule has 0 fully saturated rings. The molecule has 0 atom stereocenters. The van der Waals surface area contributed by atoms with E-state index < -0.39 is 16.0 Å². The smallest absolute Gasteiger partial charge is 0.337 e. The van der Waals surface area contributed by atoms with E-state index in [9.17, 15) is 13.2 Å². The minimum absolute atomic E-state index is 0.00978. The van der Waals surface area contributed by atoms with E-state index in [1.165, 1.54) is 18.3 Å². The largest absolute Gasteiger partial charge is 0.478 e. The molecule has 0 bridgehead atoms. The lowest BCUT2D eigenvalue weighted by Gasteiger charge is -2.09. The molecule has 0 amide bonds. The Hall–Kier alpha value is -1.62. The van der Waals surface area contributed by atoms with Crippen molar-refractivity contribution < 1.29 is 18.3 Å². The van der Waals surface area contributed by atoms with E-state index in [0.29, 0.717) is 15.8 Å². The summed E-state index contributed by atoms with van der Waals surface area (Å²) in [5.41, 5.74) is -0.101. The van der Waals surface area contributed by atoms with E-state index in [1.807, 2.05) is 29.5 Å². The quantitative estimate of drug-likeness (QED) is 0.640. The maximum absolute atomic E-state index is 12.2. The van der Waals surface area contributed by atoms with Crippen molar-refractivity contribution in [3.8, 4) is 0 Å². The van der Waals surface area contributed by atoms with E-state index in [4.69, 9.17) is 5.11 Å². The van der Waals surface area contributed by atoms with Crippen LogP contribution in [0.2, 0.25) is 0 Å².